The Kier molecular flexibility index (Phi) is 5.91. The second-order valence-corrected chi connectivity index (χ2v) is 4.70. The van der Waals surface area contributed by atoms with Crippen LogP contribution in [0.25, 0.3) is 0 Å². The summed E-state index contributed by atoms with van der Waals surface area (Å²) in [5.74, 6) is 0.948. The molecule has 0 atom stereocenters. The lowest BCUT2D eigenvalue weighted by atomic mass is 10.3. The molecular weight excluding hydrogens is 240 g/mol. The number of aromatic nitrogens is 1. The predicted molar refractivity (Wildman–Crippen MR) is 78.8 cm³/mol. The van der Waals surface area contributed by atoms with E-state index in [1.54, 1.807) is 0 Å². The number of pyridine rings is 1. The highest BCUT2D eigenvalue weighted by Gasteiger charge is 2.08. The molecule has 106 valence electrons. The molecule has 1 saturated heterocycles. The lowest BCUT2D eigenvalue weighted by Gasteiger charge is -2.26. The van der Waals surface area contributed by atoms with E-state index in [1.165, 1.54) is 0 Å². The number of morpholine rings is 1. The van der Waals surface area contributed by atoms with E-state index in [1.807, 2.05) is 12.3 Å². The van der Waals surface area contributed by atoms with Crippen molar-refractivity contribution in [2.75, 3.05) is 56.6 Å². The topological polar surface area (TPSA) is 49.4 Å². The number of nitrogens with zero attached hydrogens (tertiary/aromatic N) is 2. The van der Waals surface area contributed by atoms with Gasteiger partial charge in [-0.15, -0.1) is 0 Å². The zero-order chi connectivity index (χ0) is 13.3. The normalized spacial score (nSPS) is 16.3. The fourth-order valence-corrected chi connectivity index (χ4v) is 2.15. The Balaban J connectivity index is 1.62. The summed E-state index contributed by atoms with van der Waals surface area (Å²) in [6.45, 7) is 8.98. The van der Waals surface area contributed by atoms with Crippen LogP contribution in [0.1, 0.15) is 13.3 Å². The molecule has 1 aromatic heterocycles. The standard InChI is InChI=1S/C14H24N4O/c1-2-15-13-4-5-14(17-12-13)16-6-3-7-18-8-10-19-11-9-18/h4-5,12,15H,2-3,6-11H2,1H3,(H,16,17). The smallest absolute Gasteiger partial charge is 0.126 e. The number of hydrogen-bond donors (Lipinski definition) is 2. The van der Waals surface area contributed by atoms with Crippen LogP contribution < -0.4 is 10.6 Å². The highest BCUT2D eigenvalue weighted by molar-refractivity contribution is 5.46. The number of anilines is 2. The van der Waals surface area contributed by atoms with Gasteiger partial charge in [0, 0.05) is 26.2 Å². The van der Waals surface area contributed by atoms with E-state index < -0.39 is 0 Å². The molecule has 1 aliphatic heterocycles. The van der Waals surface area contributed by atoms with Crippen LogP contribution in [0.3, 0.4) is 0 Å². The quantitative estimate of drug-likeness (QED) is 0.733. The molecule has 19 heavy (non-hydrogen) atoms. The van der Waals surface area contributed by atoms with E-state index in [-0.39, 0.29) is 0 Å². The molecule has 2 N–H and O–H groups in total. The molecule has 5 nitrogen and oxygen atoms in total. The van der Waals surface area contributed by atoms with Crippen LogP contribution in [0, 0.1) is 0 Å². The first kappa shape index (κ1) is 14.1. The molecule has 2 heterocycles. The molecule has 0 aromatic carbocycles. The van der Waals surface area contributed by atoms with Gasteiger partial charge in [0.25, 0.3) is 0 Å². The summed E-state index contributed by atoms with van der Waals surface area (Å²) in [5.41, 5.74) is 1.07. The molecule has 0 aliphatic carbocycles. The average Bonchev–Trinajstić information content (AvgIpc) is 2.47. The SMILES string of the molecule is CCNc1ccc(NCCCN2CCOCC2)nc1. The average molecular weight is 264 g/mol. The Morgan fingerprint density at radius 1 is 1.26 bits per heavy atom. The molecule has 0 spiro atoms. The van der Waals surface area contributed by atoms with Gasteiger partial charge in [-0.3, -0.25) is 4.90 Å². The van der Waals surface area contributed by atoms with Gasteiger partial charge in [-0.05, 0) is 32.0 Å². The van der Waals surface area contributed by atoms with E-state index in [0.717, 1.165) is 63.9 Å². The van der Waals surface area contributed by atoms with E-state index in [4.69, 9.17) is 4.74 Å². The molecule has 0 saturated carbocycles. The van der Waals surface area contributed by atoms with Crippen LogP contribution in [0.15, 0.2) is 18.3 Å². The van der Waals surface area contributed by atoms with Gasteiger partial charge in [0.1, 0.15) is 5.82 Å². The number of rotatable bonds is 7. The molecule has 0 bridgehead atoms. The highest BCUT2D eigenvalue weighted by Crippen LogP contribution is 2.09. The van der Waals surface area contributed by atoms with Gasteiger partial charge in [-0.2, -0.15) is 0 Å². The van der Waals surface area contributed by atoms with E-state index >= 15 is 0 Å². The third kappa shape index (κ3) is 5.04. The number of ether oxygens (including phenoxy) is 1. The summed E-state index contributed by atoms with van der Waals surface area (Å²) in [4.78, 5) is 6.83. The maximum atomic E-state index is 5.33. The first-order chi connectivity index (χ1) is 9.38. The van der Waals surface area contributed by atoms with Gasteiger partial charge >= 0.3 is 0 Å². The fourth-order valence-electron chi connectivity index (χ4n) is 2.15. The number of nitrogens with one attached hydrogen (secondary N) is 2. The summed E-state index contributed by atoms with van der Waals surface area (Å²) < 4.78 is 5.33. The van der Waals surface area contributed by atoms with Gasteiger partial charge in [0.05, 0.1) is 25.1 Å². The van der Waals surface area contributed by atoms with Crippen LogP contribution in [0.2, 0.25) is 0 Å². The molecular formula is C14H24N4O. The van der Waals surface area contributed by atoms with Crippen molar-refractivity contribution in [1.29, 1.82) is 0 Å². The van der Waals surface area contributed by atoms with Crippen LogP contribution in [-0.2, 0) is 4.74 Å². The fraction of sp³-hybridized carbons (Fsp3) is 0.643. The Morgan fingerprint density at radius 2 is 2.11 bits per heavy atom. The second kappa shape index (κ2) is 7.96. The Hall–Kier alpha value is -1.33. The van der Waals surface area contributed by atoms with Crippen molar-refractivity contribution in [3.05, 3.63) is 18.3 Å². The molecule has 1 fully saturated rings. The summed E-state index contributed by atoms with van der Waals surface area (Å²) in [6.07, 6.45) is 3.00. The van der Waals surface area contributed by atoms with Crippen molar-refractivity contribution < 1.29 is 4.74 Å². The van der Waals surface area contributed by atoms with Gasteiger partial charge in [0.2, 0.25) is 0 Å². The first-order valence-corrected chi connectivity index (χ1v) is 7.12. The lowest BCUT2D eigenvalue weighted by Crippen LogP contribution is -2.37. The van der Waals surface area contributed by atoms with Crippen LogP contribution in [0.4, 0.5) is 11.5 Å². The van der Waals surface area contributed by atoms with Crippen molar-refractivity contribution in [1.82, 2.24) is 9.88 Å². The van der Waals surface area contributed by atoms with Crippen molar-refractivity contribution in [2.45, 2.75) is 13.3 Å². The second-order valence-electron chi connectivity index (χ2n) is 4.70. The molecule has 0 amide bonds. The Labute approximate surface area is 115 Å². The molecule has 5 heteroatoms. The third-order valence-corrected chi connectivity index (χ3v) is 3.21. The van der Waals surface area contributed by atoms with Crippen LogP contribution >= 0.6 is 0 Å². The molecule has 0 radical (unpaired) electrons. The zero-order valence-corrected chi connectivity index (χ0v) is 11.7. The van der Waals surface area contributed by atoms with Crippen LogP contribution in [-0.4, -0.2) is 55.8 Å². The Bertz CT molecular complexity index is 349. The molecule has 2 rings (SSSR count). The van der Waals surface area contributed by atoms with E-state index in [0.29, 0.717) is 0 Å². The highest BCUT2D eigenvalue weighted by atomic mass is 16.5. The first-order valence-electron chi connectivity index (χ1n) is 7.12. The minimum Gasteiger partial charge on any atom is -0.384 e. The van der Waals surface area contributed by atoms with E-state index in [9.17, 15) is 0 Å². The third-order valence-electron chi connectivity index (χ3n) is 3.21. The molecule has 0 unspecified atom stereocenters. The van der Waals surface area contributed by atoms with Gasteiger partial charge in [-0.25, -0.2) is 4.98 Å². The molecule has 1 aliphatic rings. The van der Waals surface area contributed by atoms with Gasteiger partial charge in [0.15, 0.2) is 0 Å². The summed E-state index contributed by atoms with van der Waals surface area (Å²) in [7, 11) is 0. The summed E-state index contributed by atoms with van der Waals surface area (Å²) >= 11 is 0. The monoisotopic (exact) mass is 264 g/mol. The van der Waals surface area contributed by atoms with Gasteiger partial charge in [-0.1, -0.05) is 0 Å². The molecule has 1 aromatic rings. The number of hydrogen-bond acceptors (Lipinski definition) is 5. The minimum atomic E-state index is 0.876. The zero-order valence-electron chi connectivity index (χ0n) is 11.7. The van der Waals surface area contributed by atoms with Crippen molar-refractivity contribution in [2.24, 2.45) is 0 Å². The van der Waals surface area contributed by atoms with Gasteiger partial charge < -0.3 is 15.4 Å². The van der Waals surface area contributed by atoms with Crippen molar-refractivity contribution >= 4 is 11.5 Å². The summed E-state index contributed by atoms with van der Waals surface area (Å²) in [6, 6.07) is 4.08. The Morgan fingerprint density at radius 3 is 2.79 bits per heavy atom. The van der Waals surface area contributed by atoms with Crippen molar-refractivity contribution in [3.8, 4) is 0 Å². The summed E-state index contributed by atoms with van der Waals surface area (Å²) in [5, 5.41) is 6.59. The van der Waals surface area contributed by atoms with Crippen LogP contribution in [0.5, 0.6) is 0 Å². The van der Waals surface area contributed by atoms with E-state index in [2.05, 4.69) is 33.5 Å². The largest absolute Gasteiger partial charge is 0.384 e. The minimum absolute atomic E-state index is 0.876. The van der Waals surface area contributed by atoms with Crippen molar-refractivity contribution in [3.63, 3.8) is 0 Å². The lowest BCUT2D eigenvalue weighted by molar-refractivity contribution is 0.0378. The predicted octanol–water partition coefficient (Wildman–Crippen LogP) is 1.65. The maximum absolute atomic E-state index is 5.33. The maximum Gasteiger partial charge on any atom is 0.126 e.